The van der Waals surface area contributed by atoms with Gasteiger partial charge in [0.1, 0.15) is 6.61 Å². The third-order valence-electron chi connectivity index (χ3n) is 2.05. The van der Waals surface area contributed by atoms with E-state index in [4.69, 9.17) is 18.4 Å². The lowest BCUT2D eigenvalue weighted by Gasteiger charge is -2.25. The second-order valence-electron chi connectivity index (χ2n) is 3.17. The molecule has 0 saturated carbocycles. The van der Waals surface area contributed by atoms with Gasteiger partial charge in [0, 0.05) is 26.9 Å². The molecule has 5 nitrogen and oxygen atoms in total. The predicted octanol–water partition coefficient (Wildman–Crippen LogP) is 0.762. The van der Waals surface area contributed by atoms with Crippen LogP contribution < -0.4 is 0 Å². The SMILES string of the molecule is CC=CC(=O)CO[Si](CCCO)(OC)OC. The molecule has 0 aliphatic carbocycles. The molecule has 6 heteroatoms. The van der Waals surface area contributed by atoms with Crippen molar-refractivity contribution in [2.75, 3.05) is 27.4 Å². The van der Waals surface area contributed by atoms with Gasteiger partial charge in [-0.25, -0.2) is 0 Å². The number of hydrogen-bond acceptors (Lipinski definition) is 5. The van der Waals surface area contributed by atoms with Gasteiger partial charge < -0.3 is 18.4 Å². The maximum atomic E-state index is 11.2. The molecule has 0 unspecified atom stereocenters. The first-order chi connectivity index (χ1) is 7.64. The van der Waals surface area contributed by atoms with Crippen molar-refractivity contribution in [2.24, 2.45) is 0 Å². The summed E-state index contributed by atoms with van der Waals surface area (Å²) in [4.78, 5) is 11.2. The predicted molar refractivity (Wildman–Crippen MR) is 62.1 cm³/mol. The average molecular weight is 248 g/mol. The van der Waals surface area contributed by atoms with E-state index in [1.807, 2.05) is 0 Å². The summed E-state index contributed by atoms with van der Waals surface area (Å²) >= 11 is 0. The van der Waals surface area contributed by atoms with Crippen LogP contribution in [0.3, 0.4) is 0 Å². The quantitative estimate of drug-likeness (QED) is 0.482. The van der Waals surface area contributed by atoms with Crippen LogP contribution in [0, 0.1) is 0 Å². The number of ketones is 1. The molecule has 0 radical (unpaired) electrons. The Hall–Kier alpha value is -0.533. The fourth-order valence-electron chi connectivity index (χ4n) is 1.19. The highest BCUT2D eigenvalue weighted by Gasteiger charge is 2.38. The third-order valence-corrected chi connectivity index (χ3v) is 4.84. The second-order valence-corrected chi connectivity index (χ2v) is 6.14. The van der Waals surface area contributed by atoms with Crippen LogP contribution in [0.25, 0.3) is 0 Å². The molecule has 94 valence electrons. The van der Waals surface area contributed by atoms with Crippen molar-refractivity contribution >= 4 is 14.6 Å². The molecular formula is C10H20O5Si. The molecule has 0 atom stereocenters. The van der Waals surface area contributed by atoms with E-state index in [0.29, 0.717) is 12.5 Å². The molecule has 0 amide bonds. The molecule has 16 heavy (non-hydrogen) atoms. The molecule has 0 aromatic rings. The topological polar surface area (TPSA) is 65.0 Å². The van der Waals surface area contributed by atoms with E-state index < -0.39 is 8.80 Å². The van der Waals surface area contributed by atoms with Gasteiger partial charge >= 0.3 is 8.80 Å². The Morgan fingerprint density at radius 3 is 2.44 bits per heavy atom. The van der Waals surface area contributed by atoms with Gasteiger partial charge in [-0.15, -0.1) is 0 Å². The van der Waals surface area contributed by atoms with E-state index in [2.05, 4.69) is 0 Å². The molecule has 0 aliphatic rings. The molecule has 0 aromatic heterocycles. The smallest absolute Gasteiger partial charge is 0.396 e. The Labute approximate surface area is 97.4 Å². The number of carbonyl (C=O) groups excluding carboxylic acids is 1. The lowest BCUT2D eigenvalue weighted by Crippen LogP contribution is -2.45. The second kappa shape index (κ2) is 8.60. The fourth-order valence-corrected chi connectivity index (χ4v) is 3.10. The van der Waals surface area contributed by atoms with Gasteiger partial charge in [-0.3, -0.25) is 4.79 Å². The first kappa shape index (κ1) is 15.5. The Kier molecular flexibility index (Phi) is 8.31. The minimum absolute atomic E-state index is 0.0492. The summed E-state index contributed by atoms with van der Waals surface area (Å²) in [6, 6.07) is 0.500. The van der Waals surface area contributed by atoms with Crippen LogP contribution in [0.2, 0.25) is 6.04 Å². The summed E-state index contributed by atoms with van der Waals surface area (Å²) in [5, 5.41) is 8.76. The highest BCUT2D eigenvalue weighted by molar-refractivity contribution is 6.60. The number of aliphatic hydroxyl groups excluding tert-OH is 1. The van der Waals surface area contributed by atoms with E-state index >= 15 is 0 Å². The van der Waals surface area contributed by atoms with Gasteiger partial charge in [-0.1, -0.05) is 6.08 Å². The van der Waals surface area contributed by atoms with Crippen LogP contribution in [-0.2, 0) is 18.1 Å². The molecule has 0 bridgehead atoms. The maximum absolute atomic E-state index is 11.2. The molecule has 0 aromatic carbocycles. The van der Waals surface area contributed by atoms with E-state index in [1.54, 1.807) is 13.0 Å². The Morgan fingerprint density at radius 2 is 2.00 bits per heavy atom. The molecule has 0 rings (SSSR count). The maximum Gasteiger partial charge on any atom is 0.500 e. The summed E-state index contributed by atoms with van der Waals surface area (Å²) < 4.78 is 15.9. The summed E-state index contributed by atoms with van der Waals surface area (Å²) in [5.41, 5.74) is 0. The van der Waals surface area contributed by atoms with Crippen LogP contribution >= 0.6 is 0 Å². The first-order valence-electron chi connectivity index (χ1n) is 5.14. The monoisotopic (exact) mass is 248 g/mol. The van der Waals surface area contributed by atoms with Crippen molar-refractivity contribution in [1.82, 2.24) is 0 Å². The number of aliphatic hydroxyl groups is 1. The van der Waals surface area contributed by atoms with Crippen LogP contribution in [-0.4, -0.2) is 47.1 Å². The standard InChI is InChI=1S/C10H20O5Si/c1-4-6-10(12)9-15-16(13-2,14-3)8-5-7-11/h4,6,11H,5,7-9H2,1-3H3. The summed E-state index contributed by atoms with van der Waals surface area (Å²) in [6.07, 6.45) is 3.63. The summed E-state index contributed by atoms with van der Waals surface area (Å²) in [5.74, 6) is -0.127. The highest BCUT2D eigenvalue weighted by atomic mass is 28.4. The van der Waals surface area contributed by atoms with Crippen molar-refractivity contribution in [2.45, 2.75) is 19.4 Å². The largest absolute Gasteiger partial charge is 0.500 e. The lowest BCUT2D eigenvalue weighted by atomic mass is 10.4. The molecule has 0 heterocycles. The average Bonchev–Trinajstić information content (AvgIpc) is 2.31. The van der Waals surface area contributed by atoms with Gasteiger partial charge in [0.05, 0.1) is 0 Å². The number of carbonyl (C=O) groups is 1. The normalized spacial score (nSPS) is 12.2. The van der Waals surface area contributed by atoms with Gasteiger partial charge in [0.2, 0.25) is 0 Å². The van der Waals surface area contributed by atoms with Crippen molar-refractivity contribution in [3.63, 3.8) is 0 Å². The van der Waals surface area contributed by atoms with Gasteiger partial charge in [-0.2, -0.15) is 0 Å². The van der Waals surface area contributed by atoms with Crippen LogP contribution in [0.5, 0.6) is 0 Å². The van der Waals surface area contributed by atoms with E-state index in [-0.39, 0.29) is 19.0 Å². The van der Waals surface area contributed by atoms with E-state index in [0.717, 1.165) is 0 Å². The summed E-state index contributed by atoms with van der Waals surface area (Å²) in [6.45, 7) is 1.76. The molecule has 1 N–H and O–H groups in total. The minimum Gasteiger partial charge on any atom is -0.396 e. The minimum atomic E-state index is -2.77. The Bertz CT molecular complexity index is 225. The van der Waals surface area contributed by atoms with Crippen molar-refractivity contribution in [3.8, 4) is 0 Å². The van der Waals surface area contributed by atoms with Crippen LogP contribution in [0.15, 0.2) is 12.2 Å². The van der Waals surface area contributed by atoms with E-state index in [1.165, 1.54) is 20.3 Å². The molecule has 0 fully saturated rings. The van der Waals surface area contributed by atoms with Crippen LogP contribution in [0.4, 0.5) is 0 Å². The zero-order valence-corrected chi connectivity index (χ0v) is 11.1. The van der Waals surface area contributed by atoms with Crippen molar-refractivity contribution in [3.05, 3.63) is 12.2 Å². The van der Waals surface area contributed by atoms with Crippen LogP contribution in [0.1, 0.15) is 13.3 Å². The summed E-state index contributed by atoms with van der Waals surface area (Å²) in [7, 11) is 0.216. The fraction of sp³-hybridized carbons (Fsp3) is 0.700. The van der Waals surface area contributed by atoms with Gasteiger partial charge in [0.15, 0.2) is 5.78 Å². The van der Waals surface area contributed by atoms with Crippen molar-refractivity contribution in [1.29, 1.82) is 0 Å². The molecule has 0 saturated heterocycles. The number of hydrogen-bond donors (Lipinski definition) is 1. The Morgan fingerprint density at radius 1 is 1.38 bits per heavy atom. The van der Waals surface area contributed by atoms with Gasteiger partial charge in [-0.05, 0) is 19.4 Å². The third kappa shape index (κ3) is 5.52. The first-order valence-corrected chi connectivity index (χ1v) is 7.08. The molecular weight excluding hydrogens is 228 g/mol. The Balaban J connectivity index is 4.25. The lowest BCUT2D eigenvalue weighted by molar-refractivity contribution is -0.117. The van der Waals surface area contributed by atoms with Crippen molar-refractivity contribution < 1.29 is 23.2 Å². The van der Waals surface area contributed by atoms with Gasteiger partial charge in [0.25, 0.3) is 0 Å². The number of rotatable bonds is 9. The molecule has 0 spiro atoms. The number of allylic oxidation sites excluding steroid dienone is 1. The molecule has 0 aliphatic heterocycles. The highest BCUT2D eigenvalue weighted by Crippen LogP contribution is 2.15. The zero-order chi connectivity index (χ0) is 12.4. The zero-order valence-electron chi connectivity index (χ0n) is 10.1. The van der Waals surface area contributed by atoms with E-state index in [9.17, 15) is 4.79 Å².